The summed E-state index contributed by atoms with van der Waals surface area (Å²) in [7, 11) is 0. The van der Waals surface area contributed by atoms with Crippen LogP contribution >= 0.6 is 11.3 Å². The van der Waals surface area contributed by atoms with Crippen LogP contribution in [-0.2, 0) is 33.0 Å². The molecule has 0 unspecified atom stereocenters. The molecule has 0 bridgehead atoms. The lowest BCUT2D eigenvalue weighted by Gasteiger charge is -2.36. The van der Waals surface area contributed by atoms with E-state index in [2.05, 4.69) is 57.1 Å². The Morgan fingerprint density at radius 3 is 2.03 bits per heavy atom. The molecule has 60 heavy (non-hydrogen) atoms. The first-order valence-electron chi connectivity index (χ1n) is 20.1. The van der Waals surface area contributed by atoms with Crippen LogP contribution in [0, 0.1) is 0 Å². The second kappa shape index (κ2) is 18.7. The van der Waals surface area contributed by atoms with E-state index in [1.54, 1.807) is 5.38 Å². The molecule has 2 heterocycles. The van der Waals surface area contributed by atoms with Crippen LogP contribution in [0.5, 0.6) is 5.75 Å². The minimum Gasteiger partial charge on any atom is -0.490 e. The van der Waals surface area contributed by atoms with E-state index in [0.717, 1.165) is 53.5 Å². The van der Waals surface area contributed by atoms with Crippen LogP contribution in [-0.4, -0.2) is 69.6 Å². The van der Waals surface area contributed by atoms with Crippen molar-refractivity contribution in [2.45, 2.75) is 82.8 Å². The second-order valence-electron chi connectivity index (χ2n) is 15.9. The fourth-order valence-electron chi connectivity index (χ4n) is 7.60. The summed E-state index contributed by atoms with van der Waals surface area (Å²) in [6.45, 7) is 6.97. The number of carbonyl (C=O) groups excluding carboxylic acids is 1. The molecule has 1 aliphatic carbocycles. The van der Waals surface area contributed by atoms with Gasteiger partial charge in [0.2, 0.25) is 5.71 Å². The van der Waals surface area contributed by atoms with Crippen molar-refractivity contribution < 1.29 is 29.0 Å². The number of ether oxygens (including phenoxy) is 2. The maximum atomic E-state index is 12.4. The summed E-state index contributed by atoms with van der Waals surface area (Å²) in [6, 6.07) is 36.3. The molecule has 1 saturated carbocycles. The fraction of sp³-hybridized carbons (Fsp3) is 0.326. The van der Waals surface area contributed by atoms with E-state index in [-0.39, 0.29) is 42.8 Å². The first kappa shape index (κ1) is 41.7. The van der Waals surface area contributed by atoms with Gasteiger partial charge in [-0.25, -0.2) is 19.6 Å². The van der Waals surface area contributed by atoms with E-state index in [0.29, 0.717) is 29.9 Å². The number of carboxylic acids is 1. The minimum atomic E-state index is -1.26. The van der Waals surface area contributed by atoms with Gasteiger partial charge in [-0.1, -0.05) is 102 Å². The van der Waals surface area contributed by atoms with Gasteiger partial charge in [0.05, 0.1) is 6.04 Å². The number of aromatic nitrogens is 1. The van der Waals surface area contributed by atoms with Crippen LogP contribution in [0.4, 0.5) is 9.93 Å². The lowest BCUT2D eigenvalue weighted by Crippen LogP contribution is -2.42. The Labute approximate surface area is 354 Å². The Morgan fingerprint density at radius 2 is 1.45 bits per heavy atom. The maximum Gasteiger partial charge on any atom is 0.407 e. The number of guanidine groups is 1. The van der Waals surface area contributed by atoms with Crippen LogP contribution in [0.2, 0.25) is 0 Å². The molecule has 5 aromatic rings. The number of alkyl carbamates (subject to hydrolysis) is 1. The zero-order chi connectivity index (χ0) is 42.1. The predicted molar refractivity (Wildman–Crippen MR) is 233 cm³/mol. The van der Waals surface area contributed by atoms with E-state index < -0.39 is 17.1 Å². The third kappa shape index (κ3) is 10.2. The van der Waals surface area contributed by atoms with Gasteiger partial charge in [-0.15, -0.1) is 11.3 Å². The third-order valence-corrected chi connectivity index (χ3v) is 11.2. The van der Waals surface area contributed by atoms with Crippen molar-refractivity contribution in [3.05, 3.63) is 148 Å². The van der Waals surface area contributed by atoms with Crippen LogP contribution in [0.25, 0.3) is 0 Å². The summed E-state index contributed by atoms with van der Waals surface area (Å²) in [6.07, 6.45) is 2.92. The Balaban J connectivity index is 0.935. The number of oxime groups is 1. The van der Waals surface area contributed by atoms with E-state index in [1.165, 1.54) is 11.3 Å². The van der Waals surface area contributed by atoms with Gasteiger partial charge >= 0.3 is 12.1 Å². The highest BCUT2D eigenvalue weighted by Gasteiger charge is 2.37. The van der Waals surface area contributed by atoms with Crippen molar-refractivity contribution in [2.75, 3.05) is 18.5 Å². The molecular weight excluding hydrogens is 779 g/mol. The van der Waals surface area contributed by atoms with Crippen LogP contribution in [0.3, 0.4) is 0 Å². The molecule has 0 atom stereocenters. The molecule has 1 amide bonds. The molecule has 0 saturated heterocycles. The number of fused-ring (bicyclic) bond motifs is 1. The number of hydrogen-bond acceptors (Lipinski definition) is 10. The SMILES string of the molecule is CC(C)(C)OC(=O)NC1CCC(N=C(N)N2Cc3ccc(OCCO/N=C(\C(=O)O)c4csc(NC(c5ccccc5)(c5ccccc5)c5ccccc5)n4)cc3C2)CC1. The number of nitrogens with one attached hydrogen (secondary N) is 2. The van der Waals surface area contributed by atoms with Gasteiger partial charge in [-0.3, -0.25) is 0 Å². The maximum absolute atomic E-state index is 12.4. The first-order valence-corrected chi connectivity index (χ1v) is 21.0. The number of amides is 1. The number of aliphatic imine (C=N–C) groups is 1. The van der Waals surface area contributed by atoms with Crippen molar-refractivity contribution in [2.24, 2.45) is 15.9 Å². The number of hydrogen-bond donors (Lipinski definition) is 4. The van der Waals surface area contributed by atoms with Crippen molar-refractivity contribution in [1.82, 2.24) is 15.2 Å². The summed E-state index contributed by atoms with van der Waals surface area (Å²) < 4.78 is 11.4. The van der Waals surface area contributed by atoms with E-state index >= 15 is 0 Å². The highest BCUT2D eigenvalue weighted by Crippen LogP contribution is 2.40. The topological polar surface area (TPSA) is 173 Å². The largest absolute Gasteiger partial charge is 0.490 e. The number of carbonyl (C=O) groups is 2. The summed E-state index contributed by atoms with van der Waals surface area (Å²) in [5.41, 5.74) is 10.2. The van der Waals surface area contributed by atoms with E-state index in [4.69, 9.17) is 30.0 Å². The second-order valence-corrected chi connectivity index (χ2v) is 16.7. The quantitative estimate of drug-likeness (QED) is 0.0283. The summed E-state index contributed by atoms with van der Waals surface area (Å²) in [5, 5.41) is 22.9. The molecule has 13 nitrogen and oxygen atoms in total. The Kier molecular flexibility index (Phi) is 13.0. The third-order valence-electron chi connectivity index (χ3n) is 10.4. The molecule has 0 spiro atoms. The molecule has 4 aromatic carbocycles. The van der Waals surface area contributed by atoms with Crippen molar-refractivity contribution in [1.29, 1.82) is 0 Å². The number of nitrogens with zero attached hydrogens (tertiary/aromatic N) is 4. The van der Waals surface area contributed by atoms with Crippen LogP contribution in [0.1, 0.15) is 80.0 Å². The van der Waals surface area contributed by atoms with E-state index in [1.807, 2.05) is 93.6 Å². The highest BCUT2D eigenvalue weighted by atomic mass is 32.1. The van der Waals surface area contributed by atoms with Crippen molar-refractivity contribution in [3.8, 4) is 5.75 Å². The average Bonchev–Trinajstić information content (AvgIpc) is 3.89. The lowest BCUT2D eigenvalue weighted by molar-refractivity contribution is -0.129. The number of anilines is 1. The summed E-state index contributed by atoms with van der Waals surface area (Å²) in [4.78, 5) is 41.6. The van der Waals surface area contributed by atoms with Crippen LogP contribution in [0.15, 0.2) is 125 Å². The number of carboxylic acid groups (broad SMARTS) is 1. The highest BCUT2D eigenvalue weighted by molar-refractivity contribution is 7.14. The number of nitrogens with two attached hydrogens (primary N) is 1. The minimum absolute atomic E-state index is 0.0174. The zero-order valence-corrected chi connectivity index (χ0v) is 34.9. The normalized spacial score (nSPS) is 17.1. The Hall–Kier alpha value is -6.41. The fourth-order valence-corrected chi connectivity index (χ4v) is 8.35. The molecular formula is C46H51N7O6S. The Morgan fingerprint density at radius 1 is 0.850 bits per heavy atom. The van der Waals surface area contributed by atoms with Gasteiger partial charge in [0.15, 0.2) is 17.7 Å². The number of thiazole rings is 1. The smallest absolute Gasteiger partial charge is 0.407 e. The van der Waals surface area contributed by atoms with Gasteiger partial charge in [0.25, 0.3) is 0 Å². The molecule has 14 heteroatoms. The van der Waals surface area contributed by atoms with Crippen molar-refractivity contribution >= 4 is 40.2 Å². The zero-order valence-electron chi connectivity index (χ0n) is 34.0. The molecule has 1 aromatic heterocycles. The van der Waals surface area contributed by atoms with Gasteiger partial charge < -0.3 is 40.7 Å². The lowest BCUT2D eigenvalue weighted by atomic mass is 9.77. The predicted octanol–water partition coefficient (Wildman–Crippen LogP) is 7.90. The molecule has 2 aliphatic rings. The first-order chi connectivity index (χ1) is 29.0. The molecule has 5 N–H and O–H groups in total. The summed E-state index contributed by atoms with van der Waals surface area (Å²) in [5.74, 6) is -0.104. The standard InChI is InChI=1S/C46H51N7O6S/c1-45(2,3)59-44(56)49-37-22-20-36(21-23-37)48-42(47)53-28-31-19-24-38(27-32(31)29-53)57-25-26-58-52-40(41(54)55)39-30-60-43(50-39)51-46(33-13-7-4-8-14-33,34-15-9-5-10-16-34)35-17-11-6-12-18-35/h4-19,24,27,30,36-37H,20-23,25-26,28-29H2,1-3H3,(H2,47,48)(H,49,56)(H,50,51)(H,54,55)/b52-40-. The van der Waals surface area contributed by atoms with E-state index in [9.17, 15) is 14.7 Å². The number of aliphatic carboxylic acids is 1. The van der Waals surface area contributed by atoms with Gasteiger partial charge in [0.1, 0.15) is 29.2 Å². The Bertz CT molecular complexity index is 2190. The molecule has 7 rings (SSSR count). The van der Waals surface area contributed by atoms with Gasteiger partial charge in [-0.05, 0) is 86.4 Å². The summed E-state index contributed by atoms with van der Waals surface area (Å²) >= 11 is 1.29. The molecule has 1 fully saturated rings. The number of benzene rings is 4. The molecule has 1 aliphatic heterocycles. The monoisotopic (exact) mass is 829 g/mol. The molecule has 312 valence electrons. The molecule has 0 radical (unpaired) electrons. The number of rotatable bonds is 14. The average molecular weight is 830 g/mol. The van der Waals surface area contributed by atoms with Gasteiger partial charge in [0, 0.05) is 24.5 Å². The van der Waals surface area contributed by atoms with Crippen LogP contribution < -0.4 is 21.1 Å². The van der Waals surface area contributed by atoms with Gasteiger partial charge in [-0.2, -0.15) is 0 Å². The van der Waals surface area contributed by atoms with Crippen molar-refractivity contribution in [3.63, 3.8) is 0 Å².